The van der Waals surface area contributed by atoms with Crippen LogP contribution in [0.1, 0.15) is 59.4 Å². The minimum absolute atomic E-state index is 0.509. The molecule has 0 aliphatic heterocycles. The van der Waals surface area contributed by atoms with Crippen LogP contribution in [0.25, 0.3) is 0 Å². The second-order valence-corrected chi connectivity index (χ2v) is 7.03. The van der Waals surface area contributed by atoms with Crippen molar-refractivity contribution in [2.75, 3.05) is 11.4 Å². The normalized spacial score (nSPS) is 12.7. The van der Waals surface area contributed by atoms with E-state index in [2.05, 4.69) is 79.0 Å². The molecule has 0 radical (unpaired) electrons. The minimum atomic E-state index is 0.509. The van der Waals surface area contributed by atoms with Crippen LogP contribution in [0.15, 0.2) is 22.7 Å². The number of hydrogen-bond acceptors (Lipinski definition) is 2. The van der Waals surface area contributed by atoms with Gasteiger partial charge >= 0.3 is 0 Å². The molecule has 2 nitrogen and oxygen atoms in total. The van der Waals surface area contributed by atoms with Gasteiger partial charge in [0.1, 0.15) is 0 Å². The predicted molar refractivity (Wildman–Crippen MR) is 98.1 cm³/mol. The van der Waals surface area contributed by atoms with Gasteiger partial charge < -0.3 is 10.2 Å². The van der Waals surface area contributed by atoms with Gasteiger partial charge in [-0.05, 0) is 37.5 Å². The number of unbranched alkanes of at least 4 members (excludes halogenated alkanes) is 1. The highest BCUT2D eigenvalue weighted by Crippen LogP contribution is 2.28. The molecule has 0 fully saturated rings. The van der Waals surface area contributed by atoms with Gasteiger partial charge in [0.15, 0.2) is 0 Å². The first-order chi connectivity index (χ1) is 9.99. The van der Waals surface area contributed by atoms with Gasteiger partial charge in [0.2, 0.25) is 0 Å². The Balaban J connectivity index is 3.05. The van der Waals surface area contributed by atoms with Gasteiger partial charge in [-0.3, -0.25) is 0 Å². The largest absolute Gasteiger partial charge is 0.369 e. The highest BCUT2D eigenvalue weighted by Gasteiger charge is 2.16. The molecule has 3 heteroatoms. The molecule has 0 heterocycles. The Morgan fingerprint density at radius 3 is 2.48 bits per heavy atom. The summed E-state index contributed by atoms with van der Waals surface area (Å²) >= 11 is 3.64. The van der Waals surface area contributed by atoms with E-state index in [0.717, 1.165) is 17.6 Å². The van der Waals surface area contributed by atoms with Gasteiger partial charge in [-0.25, -0.2) is 0 Å². The zero-order chi connectivity index (χ0) is 15.8. The van der Waals surface area contributed by atoms with Crippen LogP contribution in [0.2, 0.25) is 0 Å². The van der Waals surface area contributed by atoms with E-state index >= 15 is 0 Å². The molecule has 0 aliphatic carbocycles. The van der Waals surface area contributed by atoms with Crippen molar-refractivity contribution in [2.24, 2.45) is 0 Å². The molecule has 0 aromatic heterocycles. The number of nitrogens with one attached hydrogen (secondary N) is 1. The average molecular weight is 355 g/mol. The van der Waals surface area contributed by atoms with Crippen LogP contribution in [0.3, 0.4) is 0 Å². The molecular weight excluding hydrogens is 324 g/mol. The number of rotatable bonds is 9. The lowest BCUT2D eigenvalue weighted by Crippen LogP contribution is -2.35. The van der Waals surface area contributed by atoms with E-state index < -0.39 is 0 Å². The lowest BCUT2D eigenvalue weighted by Gasteiger charge is -2.33. The predicted octanol–water partition coefficient (Wildman–Crippen LogP) is 5.35. The van der Waals surface area contributed by atoms with Gasteiger partial charge in [-0.2, -0.15) is 0 Å². The van der Waals surface area contributed by atoms with Crippen LogP contribution in [-0.4, -0.2) is 18.6 Å². The van der Waals surface area contributed by atoms with Crippen molar-refractivity contribution in [3.63, 3.8) is 0 Å². The molecule has 21 heavy (non-hydrogen) atoms. The third kappa shape index (κ3) is 5.99. The summed E-state index contributed by atoms with van der Waals surface area (Å²) in [4.78, 5) is 2.58. The summed E-state index contributed by atoms with van der Waals surface area (Å²) in [7, 11) is 0. The second kappa shape index (κ2) is 9.47. The van der Waals surface area contributed by atoms with E-state index in [1.807, 2.05) is 0 Å². The van der Waals surface area contributed by atoms with E-state index in [-0.39, 0.29) is 0 Å². The van der Waals surface area contributed by atoms with E-state index in [4.69, 9.17) is 0 Å². The zero-order valence-electron chi connectivity index (χ0n) is 14.2. The van der Waals surface area contributed by atoms with E-state index in [9.17, 15) is 0 Å². The molecule has 1 atom stereocenters. The fourth-order valence-electron chi connectivity index (χ4n) is 2.40. The van der Waals surface area contributed by atoms with Crippen molar-refractivity contribution >= 4 is 21.6 Å². The zero-order valence-corrected chi connectivity index (χ0v) is 15.8. The molecule has 0 bridgehead atoms. The summed E-state index contributed by atoms with van der Waals surface area (Å²) in [5.41, 5.74) is 2.77. The maximum atomic E-state index is 3.64. The molecule has 1 unspecified atom stereocenters. The van der Waals surface area contributed by atoms with Crippen LogP contribution >= 0.6 is 15.9 Å². The third-order valence-corrected chi connectivity index (χ3v) is 4.43. The van der Waals surface area contributed by atoms with E-state index in [0.29, 0.717) is 12.1 Å². The standard InChI is InChI=1S/C18H31BrN2/c1-6-8-11-21(15(5)7-2)18-12-17(19)10-9-16(18)13-20-14(3)4/h9-10,12,14-15,20H,6-8,11,13H2,1-5H3. The highest BCUT2D eigenvalue weighted by molar-refractivity contribution is 9.10. The van der Waals surface area contributed by atoms with Gasteiger partial charge in [-0.15, -0.1) is 0 Å². The van der Waals surface area contributed by atoms with Crippen LogP contribution < -0.4 is 10.2 Å². The molecule has 0 saturated carbocycles. The highest BCUT2D eigenvalue weighted by atomic mass is 79.9. The molecule has 1 aromatic rings. The molecule has 0 saturated heterocycles. The summed E-state index contributed by atoms with van der Waals surface area (Å²) in [6.45, 7) is 13.3. The molecule has 1 N–H and O–H groups in total. The SMILES string of the molecule is CCCCN(c1cc(Br)ccc1CNC(C)C)C(C)CC. The Labute approximate surface area is 139 Å². The lowest BCUT2D eigenvalue weighted by atomic mass is 10.1. The molecule has 0 aliphatic rings. The van der Waals surface area contributed by atoms with Crippen LogP contribution in [0.5, 0.6) is 0 Å². The second-order valence-electron chi connectivity index (χ2n) is 6.11. The number of halogens is 1. The topological polar surface area (TPSA) is 15.3 Å². The summed E-state index contributed by atoms with van der Waals surface area (Å²) in [5.74, 6) is 0. The number of hydrogen-bond donors (Lipinski definition) is 1. The van der Waals surface area contributed by atoms with Gasteiger partial charge in [0, 0.05) is 35.3 Å². The van der Waals surface area contributed by atoms with Crippen molar-refractivity contribution in [1.29, 1.82) is 0 Å². The molecule has 0 amide bonds. The molecule has 1 rings (SSSR count). The van der Waals surface area contributed by atoms with Gasteiger partial charge in [0.05, 0.1) is 0 Å². The van der Waals surface area contributed by atoms with Crippen LogP contribution in [-0.2, 0) is 6.54 Å². The van der Waals surface area contributed by atoms with Crippen molar-refractivity contribution in [3.8, 4) is 0 Å². The van der Waals surface area contributed by atoms with Crippen molar-refractivity contribution in [1.82, 2.24) is 5.32 Å². The first kappa shape index (κ1) is 18.5. The Kier molecular flexibility index (Phi) is 8.35. The summed E-state index contributed by atoms with van der Waals surface area (Å²) in [5, 5.41) is 3.55. The molecule has 120 valence electrons. The van der Waals surface area contributed by atoms with Gasteiger partial charge in [-0.1, -0.05) is 56.1 Å². The van der Waals surface area contributed by atoms with Crippen molar-refractivity contribution in [3.05, 3.63) is 28.2 Å². The summed E-state index contributed by atoms with van der Waals surface area (Å²) in [6.07, 6.45) is 3.65. The summed E-state index contributed by atoms with van der Waals surface area (Å²) in [6, 6.07) is 7.75. The van der Waals surface area contributed by atoms with Crippen molar-refractivity contribution in [2.45, 2.75) is 72.5 Å². The first-order valence-corrected chi connectivity index (χ1v) is 9.07. The maximum Gasteiger partial charge on any atom is 0.0425 e. The van der Waals surface area contributed by atoms with Crippen LogP contribution in [0, 0.1) is 0 Å². The van der Waals surface area contributed by atoms with E-state index in [1.165, 1.54) is 30.5 Å². The number of benzene rings is 1. The minimum Gasteiger partial charge on any atom is -0.369 e. The van der Waals surface area contributed by atoms with Gasteiger partial charge in [0.25, 0.3) is 0 Å². The Hall–Kier alpha value is -0.540. The quantitative estimate of drug-likeness (QED) is 0.642. The average Bonchev–Trinajstić information content (AvgIpc) is 2.46. The fourth-order valence-corrected chi connectivity index (χ4v) is 2.74. The van der Waals surface area contributed by atoms with E-state index in [1.54, 1.807) is 0 Å². The number of anilines is 1. The molecular formula is C18H31BrN2. The Morgan fingerprint density at radius 2 is 1.90 bits per heavy atom. The Bertz CT molecular complexity index is 418. The molecule has 0 spiro atoms. The maximum absolute atomic E-state index is 3.64. The van der Waals surface area contributed by atoms with Crippen molar-refractivity contribution < 1.29 is 0 Å². The number of nitrogens with zero attached hydrogens (tertiary/aromatic N) is 1. The fraction of sp³-hybridized carbons (Fsp3) is 0.667. The smallest absolute Gasteiger partial charge is 0.0425 e. The first-order valence-electron chi connectivity index (χ1n) is 8.28. The Morgan fingerprint density at radius 1 is 1.19 bits per heavy atom. The lowest BCUT2D eigenvalue weighted by molar-refractivity contribution is 0.573. The molecule has 1 aromatic carbocycles. The summed E-state index contributed by atoms with van der Waals surface area (Å²) < 4.78 is 1.16. The third-order valence-electron chi connectivity index (χ3n) is 3.93. The van der Waals surface area contributed by atoms with Crippen LogP contribution in [0.4, 0.5) is 5.69 Å². The monoisotopic (exact) mass is 354 g/mol.